The Morgan fingerprint density at radius 2 is 1.84 bits per heavy atom. The van der Waals surface area contributed by atoms with E-state index in [9.17, 15) is 9.59 Å². The fraction of sp³-hybridized carbons (Fsp3) is 0.241. The van der Waals surface area contributed by atoms with Gasteiger partial charge in [-0.05, 0) is 54.3 Å². The molecule has 3 heterocycles. The van der Waals surface area contributed by atoms with Crippen molar-refractivity contribution in [1.82, 2.24) is 9.78 Å². The first kappa shape index (κ1) is 24.6. The molecule has 0 amide bonds. The van der Waals surface area contributed by atoms with Crippen LogP contribution in [0.15, 0.2) is 83.3 Å². The van der Waals surface area contributed by atoms with Crippen molar-refractivity contribution in [2.75, 3.05) is 7.11 Å². The molecule has 2 aromatic heterocycles. The molecule has 0 spiro atoms. The zero-order valence-corrected chi connectivity index (χ0v) is 21.2. The molecule has 0 saturated heterocycles. The molecule has 2 aromatic carbocycles. The number of carboxylic acids is 1. The molecule has 0 fully saturated rings. The maximum Gasteiger partial charge on any atom is 0.303 e. The molecule has 1 N–H and O–H groups in total. The summed E-state index contributed by atoms with van der Waals surface area (Å²) in [6.07, 6.45) is 3.06. The number of ketones is 1. The Morgan fingerprint density at radius 1 is 1.05 bits per heavy atom. The van der Waals surface area contributed by atoms with E-state index in [1.807, 2.05) is 83.0 Å². The minimum Gasteiger partial charge on any atom is -0.497 e. The van der Waals surface area contributed by atoms with Crippen LogP contribution >= 0.6 is 11.3 Å². The summed E-state index contributed by atoms with van der Waals surface area (Å²) in [7, 11) is 1.63. The molecule has 37 heavy (non-hydrogen) atoms. The number of hydrogen-bond acceptors (Lipinski definition) is 6. The number of rotatable bonds is 10. The summed E-state index contributed by atoms with van der Waals surface area (Å²) >= 11 is 1.61. The van der Waals surface area contributed by atoms with Gasteiger partial charge in [-0.15, -0.1) is 11.3 Å². The van der Waals surface area contributed by atoms with E-state index in [0.29, 0.717) is 12.8 Å². The molecule has 2 atom stereocenters. The van der Waals surface area contributed by atoms with E-state index in [2.05, 4.69) is 0 Å². The predicted molar refractivity (Wildman–Crippen MR) is 144 cm³/mol. The third-order valence-corrected chi connectivity index (χ3v) is 7.48. The van der Waals surface area contributed by atoms with Gasteiger partial charge in [0.25, 0.3) is 0 Å². The Morgan fingerprint density at radius 3 is 2.51 bits per heavy atom. The Hall–Kier alpha value is -4.04. The second-order valence-corrected chi connectivity index (χ2v) is 9.91. The van der Waals surface area contributed by atoms with Crippen molar-refractivity contribution < 1.29 is 19.4 Å². The van der Waals surface area contributed by atoms with Crippen LogP contribution in [0, 0.1) is 0 Å². The quantitative estimate of drug-likeness (QED) is 0.290. The van der Waals surface area contributed by atoms with E-state index in [-0.39, 0.29) is 24.5 Å². The van der Waals surface area contributed by atoms with Crippen LogP contribution in [-0.4, -0.2) is 45.5 Å². The van der Waals surface area contributed by atoms with Crippen LogP contribution in [0.5, 0.6) is 5.75 Å². The number of aliphatic carboxylic acids is 1. The Labute approximate surface area is 219 Å². The lowest BCUT2D eigenvalue weighted by Gasteiger charge is -2.17. The fourth-order valence-corrected chi connectivity index (χ4v) is 5.45. The molecule has 1 aliphatic rings. The second kappa shape index (κ2) is 10.9. The first-order valence-corrected chi connectivity index (χ1v) is 13.1. The maximum atomic E-state index is 13.4. The molecule has 188 valence electrons. The van der Waals surface area contributed by atoms with E-state index < -0.39 is 12.0 Å². The van der Waals surface area contributed by atoms with Crippen molar-refractivity contribution >= 4 is 28.8 Å². The molecule has 4 aromatic rings. The summed E-state index contributed by atoms with van der Waals surface area (Å²) in [5.41, 5.74) is 4.49. The Balaban J connectivity index is 1.56. The number of ether oxygens (including phenoxy) is 1. The highest BCUT2D eigenvalue weighted by Crippen LogP contribution is 2.40. The number of Topliss-reactive ketones (excluding diaryl/α,β-unsaturated/α-hetero) is 1. The predicted octanol–water partition coefficient (Wildman–Crippen LogP) is 5.78. The van der Waals surface area contributed by atoms with Gasteiger partial charge in [0.1, 0.15) is 11.8 Å². The van der Waals surface area contributed by atoms with E-state index in [1.54, 1.807) is 18.4 Å². The number of benzene rings is 2. The van der Waals surface area contributed by atoms with Gasteiger partial charge in [-0.3, -0.25) is 14.6 Å². The smallest absolute Gasteiger partial charge is 0.303 e. The van der Waals surface area contributed by atoms with Gasteiger partial charge >= 0.3 is 5.97 Å². The van der Waals surface area contributed by atoms with E-state index in [1.165, 1.54) is 0 Å². The van der Waals surface area contributed by atoms with Crippen LogP contribution in [0.1, 0.15) is 42.0 Å². The Kier molecular flexibility index (Phi) is 7.28. The summed E-state index contributed by atoms with van der Waals surface area (Å²) in [5, 5.41) is 16.0. The number of nitrogens with zero attached hydrogens (tertiary/aromatic N) is 3. The molecule has 2 unspecified atom stereocenters. The van der Waals surface area contributed by atoms with Gasteiger partial charge < -0.3 is 9.84 Å². The number of aromatic nitrogens is 2. The van der Waals surface area contributed by atoms with Gasteiger partial charge in [0.05, 0.1) is 24.2 Å². The number of carboxylic acid groups (broad SMARTS) is 1. The minimum absolute atomic E-state index is 0.0341. The van der Waals surface area contributed by atoms with Gasteiger partial charge in [-0.2, -0.15) is 5.10 Å². The summed E-state index contributed by atoms with van der Waals surface area (Å²) in [5.74, 6) is -0.386. The monoisotopic (exact) mass is 513 g/mol. The fourth-order valence-electron chi connectivity index (χ4n) is 4.72. The molecule has 0 saturated carbocycles. The third kappa shape index (κ3) is 5.39. The second-order valence-electron chi connectivity index (χ2n) is 8.96. The Bertz CT molecular complexity index is 1410. The van der Waals surface area contributed by atoms with Crippen LogP contribution in [0.25, 0.3) is 16.9 Å². The number of carbonyl (C=O) groups excluding carboxylic acids is 1. The molecular formula is C29H27N3O4S. The number of hydrogen-bond donors (Lipinski definition) is 1. The molecule has 0 bridgehead atoms. The molecule has 7 nitrogen and oxygen atoms in total. The first-order chi connectivity index (χ1) is 18.0. The van der Waals surface area contributed by atoms with Crippen molar-refractivity contribution in [2.45, 2.75) is 37.6 Å². The van der Waals surface area contributed by atoms with Crippen molar-refractivity contribution in [2.24, 2.45) is 4.99 Å². The standard InChI is InChI=1S/C29H27N3O4S/c1-36-21-14-12-19(13-15-21)28-23(18-32(31-28)20-7-3-2-4-8-20)22-17-24(26-10-6-16-37-26)30-29(22)25(33)9-5-11-27(34)35/h2-4,6-8,10,12-16,18,22,29H,5,9,11,17H2,1H3,(H,34,35). The van der Waals surface area contributed by atoms with Gasteiger partial charge in [-0.25, -0.2) is 4.68 Å². The van der Waals surface area contributed by atoms with Crippen LogP contribution in [-0.2, 0) is 9.59 Å². The lowest BCUT2D eigenvalue weighted by atomic mass is 9.85. The molecule has 8 heteroatoms. The number of thiophene rings is 1. The largest absolute Gasteiger partial charge is 0.497 e. The SMILES string of the molecule is COc1ccc(-c2nn(-c3ccccc3)cc2C2CC(c3cccs3)=NC2C(=O)CCCC(=O)O)cc1. The van der Waals surface area contributed by atoms with Crippen molar-refractivity contribution in [3.63, 3.8) is 0 Å². The van der Waals surface area contributed by atoms with Gasteiger partial charge in [0.15, 0.2) is 5.78 Å². The van der Waals surface area contributed by atoms with Gasteiger partial charge in [-0.1, -0.05) is 24.3 Å². The number of para-hydroxylation sites is 1. The number of aliphatic imine (C=N–C) groups is 1. The minimum atomic E-state index is -0.899. The van der Waals surface area contributed by atoms with Crippen LogP contribution in [0.2, 0.25) is 0 Å². The van der Waals surface area contributed by atoms with Gasteiger partial charge in [0.2, 0.25) is 0 Å². The third-order valence-electron chi connectivity index (χ3n) is 6.56. The highest BCUT2D eigenvalue weighted by atomic mass is 32.1. The lowest BCUT2D eigenvalue weighted by molar-refractivity contribution is -0.137. The number of methoxy groups -OCH3 is 1. The summed E-state index contributed by atoms with van der Waals surface area (Å²) in [6.45, 7) is 0. The summed E-state index contributed by atoms with van der Waals surface area (Å²) < 4.78 is 7.19. The average Bonchev–Trinajstić information content (AvgIpc) is 3.68. The van der Waals surface area contributed by atoms with Crippen molar-refractivity contribution in [1.29, 1.82) is 0 Å². The molecule has 5 rings (SSSR count). The lowest BCUT2D eigenvalue weighted by Crippen LogP contribution is -2.23. The number of carbonyl (C=O) groups is 2. The highest BCUT2D eigenvalue weighted by molar-refractivity contribution is 7.12. The highest BCUT2D eigenvalue weighted by Gasteiger charge is 2.38. The average molecular weight is 514 g/mol. The van der Waals surface area contributed by atoms with Gasteiger partial charge in [0, 0.05) is 47.4 Å². The van der Waals surface area contributed by atoms with E-state index >= 15 is 0 Å². The zero-order chi connectivity index (χ0) is 25.8. The van der Waals surface area contributed by atoms with Crippen molar-refractivity contribution in [3.8, 4) is 22.7 Å². The zero-order valence-electron chi connectivity index (χ0n) is 20.4. The molecule has 1 aliphatic heterocycles. The molecule has 0 aliphatic carbocycles. The van der Waals surface area contributed by atoms with Crippen molar-refractivity contribution in [3.05, 3.63) is 88.7 Å². The first-order valence-electron chi connectivity index (χ1n) is 12.2. The van der Waals surface area contributed by atoms with E-state index in [4.69, 9.17) is 19.9 Å². The van der Waals surface area contributed by atoms with E-state index in [0.717, 1.165) is 38.8 Å². The summed E-state index contributed by atoms with van der Waals surface area (Å²) in [6, 6.07) is 21.0. The van der Waals surface area contributed by atoms with Crippen LogP contribution in [0.4, 0.5) is 0 Å². The maximum absolute atomic E-state index is 13.4. The molecule has 0 radical (unpaired) electrons. The van der Waals surface area contributed by atoms with Crippen LogP contribution < -0.4 is 4.74 Å². The molecular weight excluding hydrogens is 486 g/mol. The summed E-state index contributed by atoms with van der Waals surface area (Å²) in [4.78, 5) is 30.4. The normalized spacial score (nSPS) is 16.9. The van der Waals surface area contributed by atoms with Crippen LogP contribution in [0.3, 0.4) is 0 Å². The topological polar surface area (TPSA) is 93.8 Å².